The Hall–Kier alpha value is -0.350. The fourth-order valence-electron chi connectivity index (χ4n) is 1.77. The highest BCUT2D eigenvalue weighted by Gasteiger charge is 2.14. The van der Waals surface area contributed by atoms with Gasteiger partial charge >= 0.3 is 0 Å². The maximum absolute atomic E-state index is 6.26. The monoisotopic (exact) mass is 343 g/mol. The maximum Gasteiger partial charge on any atom is 0.107 e. The molecule has 0 aliphatic heterocycles. The molecule has 18 heavy (non-hydrogen) atoms. The molecule has 1 atom stereocenters. The zero-order valence-corrected chi connectivity index (χ0v) is 13.4. The van der Waals surface area contributed by atoms with E-state index in [9.17, 15) is 0 Å². The first-order valence-corrected chi connectivity index (χ1v) is 7.78. The Morgan fingerprint density at radius 3 is 2.17 bits per heavy atom. The lowest BCUT2D eigenvalue weighted by atomic mass is 9.99. The molecule has 0 saturated heterocycles. The SMILES string of the molecule is CC(C)c1ccc(C(N)c2cc(Br)c(Cl)s2)cc1. The van der Waals surface area contributed by atoms with Crippen molar-refractivity contribution in [3.05, 3.63) is 55.1 Å². The van der Waals surface area contributed by atoms with Crippen LogP contribution in [0.25, 0.3) is 0 Å². The molecule has 2 N–H and O–H groups in total. The number of hydrogen-bond donors (Lipinski definition) is 1. The second kappa shape index (κ2) is 5.74. The molecular formula is C14H15BrClNS. The quantitative estimate of drug-likeness (QED) is 0.799. The Kier molecular flexibility index (Phi) is 4.49. The molecule has 2 aromatic rings. The fraction of sp³-hybridized carbons (Fsp3) is 0.286. The largest absolute Gasteiger partial charge is 0.320 e. The highest BCUT2D eigenvalue weighted by Crippen LogP contribution is 2.36. The van der Waals surface area contributed by atoms with E-state index in [0.717, 1.165) is 19.2 Å². The average Bonchev–Trinajstić information content (AvgIpc) is 2.69. The van der Waals surface area contributed by atoms with Crippen LogP contribution in [0.4, 0.5) is 0 Å². The summed E-state index contributed by atoms with van der Waals surface area (Å²) >= 11 is 11.0. The molecule has 0 amide bonds. The summed E-state index contributed by atoms with van der Waals surface area (Å²) in [5, 5.41) is 0. The zero-order valence-electron chi connectivity index (χ0n) is 10.3. The van der Waals surface area contributed by atoms with Crippen LogP contribution in [-0.2, 0) is 0 Å². The van der Waals surface area contributed by atoms with Crippen molar-refractivity contribution in [1.29, 1.82) is 0 Å². The highest BCUT2D eigenvalue weighted by molar-refractivity contribution is 9.10. The summed E-state index contributed by atoms with van der Waals surface area (Å²) in [6.07, 6.45) is 0. The van der Waals surface area contributed by atoms with E-state index in [1.807, 2.05) is 6.07 Å². The van der Waals surface area contributed by atoms with E-state index < -0.39 is 0 Å². The molecule has 0 aliphatic carbocycles. The molecule has 0 saturated carbocycles. The van der Waals surface area contributed by atoms with Crippen LogP contribution in [0.15, 0.2) is 34.8 Å². The molecule has 4 heteroatoms. The van der Waals surface area contributed by atoms with Gasteiger partial charge in [-0.2, -0.15) is 0 Å². The fourth-order valence-corrected chi connectivity index (χ4v) is 3.54. The van der Waals surface area contributed by atoms with E-state index in [0.29, 0.717) is 5.92 Å². The lowest BCUT2D eigenvalue weighted by Crippen LogP contribution is -2.10. The molecule has 1 aromatic carbocycles. The van der Waals surface area contributed by atoms with E-state index in [1.165, 1.54) is 16.9 Å². The number of rotatable bonds is 3. The molecule has 1 aromatic heterocycles. The Labute approximate surface area is 125 Å². The molecular weight excluding hydrogens is 330 g/mol. The lowest BCUT2D eigenvalue weighted by molar-refractivity contribution is 0.854. The molecule has 0 radical (unpaired) electrons. The first-order chi connectivity index (χ1) is 8.49. The van der Waals surface area contributed by atoms with Crippen molar-refractivity contribution in [3.63, 3.8) is 0 Å². The third-order valence-electron chi connectivity index (χ3n) is 2.93. The van der Waals surface area contributed by atoms with Gasteiger partial charge in [0.05, 0.1) is 6.04 Å². The van der Waals surface area contributed by atoms with Crippen LogP contribution < -0.4 is 5.73 Å². The Morgan fingerprint density at radius 2 is 1.72 bits per heavy atom. The first kappa shape index (κ1) is 14.1. The predicted molar refractivity (Wildman–Crippen MR) is 83.6 cm³/mol. The minimum atomic E-state index is -0.111. The average molecular weight is 345 g/mol. The van der Waals surface area contributed by atoms with E-state index in [1.54, 1.807) is 0 Å². The van der Waals surface area contributed by atoms with Gasteiger partial charge in [0.2, 0.25) is 0 Å². The topological polar surface area (TPSA) is 26.0 Å². The summed E-state index contributed by atoms with van der Waals surface area (Å²) in [5.41, 5.74) is 8.70. The zero-order chi connectivity index (χ0) is 13.3. The van der Waals surface area contributed by atoms with Gasteiger partial charge < -0.3 is 5.73 Å². The molecule has 0 spiro atoms. The van der Waals surface area contributed by atoms with Gasteiger partial charge in [-0.1, -0.05) is 49.7 Å². The van der Waals surface area contributed by atoms with E-state index >= 15 is 0 Å². The number of hydrogen-bond acceptors (Lipinski definition) is 2. The third-order valence-corrected chi connectivity index (χ3v) is 5.49. The van der Waals surface area contributed by atoms with Crippen LogP contribution in [0.3, 0.4) is 0 Å². The standard InChI is InChI=1S/C14H15BrClNS/c1-8(2)9-3-5-10(6-4-9)13(17)12-7-11(15)14(16)18-12/h3-8,13H,17H2,1-2H3. The van der Waals surface area contributed by atoms with Crippen LogP contribution in [0.1, 0.15) is 41.8 Å². The molecule has 1 heterocycles. The number of halogens is 2. The minimum Gasteiger partial charge on any atom is -0.320 e. The molecule has 1 nitrogen and oxygen atoms in total. The maximum atomic E-state index is 6.26. The van der Waals surface area contributed by atoms with Crippen molar-refractivity contribution < 1.29 is 0 Å². The van der Waals surface area contributed by atoms with Crippen molar-refractivity contribution in [2.75, 3.05) is 0 Å². The van der Waals surface area contributed by atoms with Crippen LogP contribution in [0.2, 0.25) is 4.34 Å². The van der Waals surface area contributed by atoms with Crippen molar-refractivity contribution in [1.82, 2.24) is 0 Å². The molecule has 0 bridgehead atoms. The number of benzene rings is 1. The molecule has 2 rings (SSSR count). The van der Waals surface area contributed by atoms with Crippen LogP contribution in [0, 0.1) is 0 Å². The number of thiophene rings is 1. The third kappa shape index (κ3) is 2.97. The molecule has 0 aliphatic rings. The van der Waals surface area contributed by atoms with Gasteiger partial charge in [0.1, 0.15) is 4.34 Å². The summed E-state index contributed by atoms with van der Waals surface area (Å²) in [7, 11) is 0. The van der Waals surface area contributed by atoms with Crippen molar-refractivity contribution in [2.45, 2.75) is 25.8 Å². The van der Waals surface area contributed by atoms with Crippen LogP contribution in [0.5, 0.6) is 0 Å². The molecule has 1 unspecified atom stereocenters. The smallest absolute Gasteiger partial charge is 0.107 e. The van der Waals surface area contributed by atoms with E-state index in [2.05, 4.69) is 54.0 Å². The Balaban J connectivity index is 2.25. The van der Waals surface area contributed by atoms with Gasteiger partial charge in [-0.15, -0.1) is 11.3 Å². The first-order valence-electron chi connectivity index (χ1n) is 5.79. The van der Waals surface area contributed by atoms with Gasteiger partial charge in [0.25, 0.3) is 0 Å². The van der Waals surface area contributed by atoms with Crippen LogP contribution >= 0.6 is 38.9 Å². The van der Waals surface area contributed by atoms with Gasteiger partial charge in [-0.25, -0.2) is 0 Å². The van der Waals surface area contributed by atoms with Crippen molar-refractivity contribution in [3.8, 4) is 0 Å². The Morgan fingerprint density at radius 1 is 1.17 bits per heavy atom. The summed E-state index contributed by atoms with van der Waals surface area (Å²) in [5.74, 6) is 0.542. The minimum absolute atomic E-state index is 0.111. The lowest BCUT2D eigenvalue weighted by Gasteiger charge is -2.12. The van der Waals surface area contributed by atoms with Gasteiger partial charge in [-0.05, 0) is 39.0 Å². The summed E-state index contributed by atoms with van der Waals surface area (Å²) in [6.45, 7) is 4.37. The summed E-state index contributed by atoms with van der Waals surface area (Å²) in [4.78, 5) is 1.07. The van der Waals surface area contributed by atoms with Gasteiger partial charge in [0, 0.05) is 9.35 Å². The van der Waals surface area contributed by atoms with Gasteiger partial charge in [0.15, 0.2) is 0 Å². The highest BCUT2D eigenvalue weighted by atomic mass is 79.9. The second-order valence-corrected chi connectivity index (χ2v) is 7.11. The molecule has 96 valence electrons. The van der Waals surface area contributed by atoms with Crippen molar-refractivity contribution in [2.24, 2.45) is 5.73 Å². The van der Waals surface area contributed by atoms with Crippen molar-refractivity contribution >= 4 is 38.9 Å². The van der Waals surface area contributed by atoms with Crippen LogP contribution in [-0.4, -0.2) is 0 Å². The van der Waals surface area contributed by atoms with E-state index in [4.69, 9.17) is 17.3 Å². The predicted octanol–water partition coefficient (Wildman–Crippen LogP) is 5.34. The normalized spacial score (nSPS) is 13.0. The molecule has 0 fully saturated rings. The summed E-state index contributed by atoms with van der Waals surface area (Å²) in [6, 6.07) is 10.4. The van der Waals surface area contributed by atoms with Gasteiger partial charge in [-0.3, -0.25) is 0 Å². The Bertz CT molecular complexity index is 514. The second-order valence-electron chi connectivity index (χ2n) is 4.57. The summed E-state index contributed by atoms with van der Waals surface area (Å²) < 4.78 is 1.66. The number of nitrogens with two attached hydrogens (primary N) is 1. The van der Waals surface area contributed by atoms with E-state index in [-0.39, 0.29) is 6.04 Å².